The highest BCUT2D eigenvalue weighted by atomic mass is 32.2. The lowest BCUT2D eigenvalue weighted by Gasteiger charge is -2.21. The van der Waals surface area contributed by atoms with Crippen molar-refractivity contribution in [2.24, 2.45) is 0 Å². The number of aryl methyl sites for hydroxylation is 1. The fourth-order valence-corrected chi connectivity index (χ4v) is 3.81. The molecule has 1 saturated heterocycles. The van der Waals surface area contributed by atoms with Crippen LogP contribution in [0.4, 0.5) is 0 Å². The minimum absolute atomic E-state index is 0.139. The lowest BCUT2D eigenvalue weighted by Crippen LogP contribution is -2.40. The van der Waals surface area contributed by atoms with Gasteiger partial charge in [0, 0.05) is 12.3 Å². The maximum atomic E-state index is 12.6. The molecule has 11 heteroatoms. The third kappa shape index (κ3) is 3.87. The molecule has 3 rings (SSSR count). The van der Waals surface area contributed by atoms with Gasteiger partial charge in [-0.3, -0.25) is 18.5 Å². The topological polar surface area (TPSA) is 148 Å². The lowest BCUT2D eigenvalue weighted by atomic mass is 10.1. The standard InChI is InChI=1S/C16H18N2O8S/c1-9-2-4-10(5-3-9)27(23,24)26-14-13(21)11(8-19)25-15(14)18-7-6-12(20)17-16(18)22/h2-7,11,13-15,19,21H,8H2,1H3,(H,17,20,22)/t11-,13-,14-,15+/m0/s1. The summed E-state index contributed by atoms with van der Waals surface area (Å²) in [5.74, 6) is 0. The van der Waals surface area contributed by atoms with E-state index in [1.54, 1.807) is 19.1 Å². The first-order chi connectivity index (χ1) is 12.7. The van der Waals surface area contributed by atoms with Crippen molar-refractivity contribution in [1.29, 1.82) is 0 Å². The van der Waals surface area contributed by atoms with Gasteiger partial charge < -0.3 is 14.9 Å². The molecule has 146 valence electrons. The third-order valence-corrected chi connectivity index (χ3v) is 5.49. The number of aliphatic hydroxyl groups is 2. The van der Waals surface area contributed by atoms with E-state index in [1.807, 2.05) is 4.98 Å². The molecular weight excluding hydrogens is 380 g/mol. The third-order valence-electron chi connectivity index (χ3n) is 4.17. The molecule has 0 bridgehead atoms. The number of H-pyrrole nitrogens is 1. The summed E-state index contributed by atoms with van der Waals surface area (Å²) < 4.78 is 36.6. The van der Waals surface area contributed by atoms with Gasteiger partial charge in [-0.1, -0.05) is 17.7 Å². The van der Waals surface area contributed by atoms with Crippen molar-refractivity contribution in [3.63, 3.8) is 0 Å². The summed E-state index contributed by atoms with van der Waals surface area (Å²) in [5, 5.41) is 19.7. The molecule has 1 aromatic carbocycles. The molecule has 2 aromatic rings. The van der Waals surface area contributed by atoms with Crippen LogP contribution in [0, 0.1) is 6.92 Å². The van der Waals surface area contributed by atoms with Crippen molar-refractivity contribution in [2.75, 3.05) is 6.61 Å². The summed E-state index contributed by atoms with van der Waals surface area (Å²) in [6, 6.07) is 6.89. The van der Waals surface area contributed by atoms with Crippen molar-refractivity contribution in [1.82, 2.24) is 9.55 Å². The number of hydrogen-bond donors (Lipinski definition) is 3. The smallest absolute Gasteiger partial charge is 0.330 e. The number of aromatic amines is 1. The molecular formula is C16H18N2O8S. The molecule has 0 radical (unpaired) electrons. The van der Waals surface area contributed by atoms with E-state index in [9.17, 15) is 28.2 Å². The maximum Gasteiger partial charge on any atom is 0.330 e. The Morgan fingerprint density at radius 2 is 1.89 bits per heavy atom. The summed E-state index contributed by atoms with van der Waals surface area (Å²) in [6.07, 6.45) is -4.50. The first-order valence-corrected chi connectivity index (χ1v) is 9.39. The average Bonchev–Trinajstić information content (AvgIpc) is 2.91. The molecule has 1 fully saturated rings. The number of ether oxygens (including phenoxy) is 1. The fraction of sp³-hybridized carbons (Fsp3) is 0.375. The van der Waals surface area contributed by atoms with E-state index < -0.39 is 52.5 Å². The molecule has 0 amide bonds. The molecule has 0 spiro atoms. The summed E-state index contributed by atoms with van der Waals surface area (Å²) in [7, 11) is -4.30. The molecule has 0 aliphatic carbocycles. The van der Waals surface area contributed by atoms with Gasteiger partial charge in [-0.15, -0.1) is 0 Å². The van der Waals surface area contributed by atoms with Gasteiger partial charge in [0.25, 0.3) is 15.7 Å². The van der Waals surface area contributed by atoms with Gasteiger partial charge in [0.1, 0.15) is 12.2 Å². The number of nitrogens with zero attached hydrogens (tertiary/aromatic N) is 1. The Balaban J connectivity index is 1.98. The quantitative estimate of drug-likeness (QED) is 0.536. The van der Waals surface area contributed by atoms with Crippen molar-refractivity contribution < 1.29 is 27.6 Å². The van der Waals surface area contributed by atoms with Crippen LogP contribution in [0.5, 0.6) is 0 Å². The zero-order chi connectivity index (χ0) is 19.8. The molecule has 1 aliphatic rings. The van der Waals surface area contributed by atoms with Gasteiger partial charge in [-0.2, -0.15) is 8.42 Å². The Kier molecular flexibility index (Phi) is 5.31. The fourth-order valence-electron chi connectivity index (χ4n) is 2.73. The van der Waals surface area contributed by atoms with Crippen LogP contribution >= 0.6 is 0 Å². The second-order valence-electron chi connectivity index (χ2n) is 6.08. The minimum Gasteiger partial charge on any atom is -0.394 e. The lowest BCUT2D eigenvalue weighted by molar-refractivity contribution is -0.0519. The van der Waals surface area contributed by atoms with Crippen LogP contribution in [0.2, 0.25) is 0 Å². The molecule has 10 nitrogen and oxygen atoms in total. The number of nitrogens with one attached hydrogen (secondary N) is 1. The Morgan fingerprint density at radius 1 is 1.22 bits per heavy atom. The van der Waals surface area contributed by atoms with Crippen LogP contribution in [0.25, 0.3) is 0 Å². The molecule has 27 heavy (non-hydrogen) atoms. The zero-order valence-corrected chi connectivity index (χ0v) is 15.0. The van der Waals surface area contributed by atoms with E-state index in [0.717, 1.165) is 22.4 Å². The summed E-state index contributed by atoms with van der Waals surface area (Å²) in [5.41, 5.74) is -0.686. The molecule has 1 aliphatic heterocycles. The summed E-state index contributed by atoms with van der Waals surface area (Å²) in [4.78, 5) is 25.1. The number of aromatic nitrogens is 2. The van der Waals surface area contributed by atoms with Crippen molar-refractivity contribution in [2.45, 2.75) is 36.4 Å². The molecule has 4 atom stereocenters. The average molecular weight is 398 g/mol. The van der Waals surface area contributed by atoms with Crippen LogP contribution in [0.15, 0.2) is 51.0 Å². The molecule has 0 unspecified atom stereocenters. The van der Waals surface area contributed by atoms with Crippen LogP contribution < -0.4 is 11.2 Å². The maximum absolute atomic E-state index is 12.6. The summed E-state index contributed by atoms with van der Waals surface area (Å²) >= 11 is 0. The van der Waals surface area contributed by atoms with E-state index in [-0.39, 0.29) is 4.90 Å². The van der Waals surface area contributed by atoms with E-state index in [2.05, 4.69) is 0 Å². The van der Waals surface area contributed by atoms with E-state index in [4.69, 9.17) is 8.92 Å². The zero-order valence-electron chi connectivity index (χ0n) is 14.2. The molecule has 2 heterocycles. The Hall–Kier alpha value is -2.31. The highest BCUT2D eigenvalue weighted by molar-refractivity contribution is 7.86. The van der Waals surface area contributed by atoms with Gasteiger partial charge >= 0.3 is 5.69 Å². The predicted molar refractivity (Wildman–Crippen MR) is 91.6 cm³/mol. The Morgan fingerprint density at radius 3 is 2.48 bits per heavy atom. The van der Waals surface area contributed by atoms with Crippen LogP contribution in [0.3, 0.4) is 0 Å². The number of hydrogen-bond acceptors (Lipinski definition) is 8. The van der Waals surface area contributed by atoms with E-state index in [1.165, 1.54) is 12.1 Å². The Labute approximate surface area is 153 Å². The molecule has 0 saturated carbocycles. The minimum atomic E-state index is -4.30. The summed E-state index contributed by atoms with van der Waals surface area (Å²) in [6.45, 7) is 1.16. The number of benzene rings is 1. The van der Waals surface area contributed by atoms with Crippen LogP contribution in [-0.4, -0.2) is 53.1 Å². The first-order valence-electron chi connectivity index (χ1n) is 7.99. The van der Waals surface area contributed by atoms with Crippen molar-refractivity contribution in [3.05, 3.63) is 62.9 Å². The number of rotatable bonds is 5. The molecule has 3 N–H and O–H groups in total. The van der Waals surface area contributed by atoms with Crippen LogP contribution in [0.1, 0.15) is 11.8 Å². The SMILES string of the molecule is Cc1ccc(S(=O)(=O)O[C@H]2[C@@H](O)[C@H](CO)O[C@H]2n2ccc(=O)[nH]c2=O)cc1. The van der Waals surface area contributed by atoms with Gasteiger partial charge in [0.05, 0.1) is 11.5 Å². The highest BCUT2D eigenvalue weighted by Gasteiger charge is 2.48. The highest BCUT2D eigenvalue weighted by Crippen LogP contribution is 2.33. The van der Waals surface area contributed by atoms with Crippen molar-refractivity contribution in [3.8, 4) is 0 Å². The largest absolute Gasteiger partial charge is 0.394 e. The van der Waals surface area contributed by atoms with Crippen LogP contribution in [-0.2, 0) is 19.0 Å². The van der Waals surface area contributed by atoms with E-state index in [0.29, 0.717) is 0 Å². The van der Waals surface area contributed by atoms with Gasteiger partial charge in [0.15, 0.2) is 12.3 Å². The predicted octanol–water partition coefficient (Wildman–Crippen LogP) is -1.13. The second kappa shape index (κ2) is 7.37. The second-order valence-corrected chi connectivity index (χ2v) is 7.66. The molecule has 1 aromatic heterocycles. The first kappa shape index (κ1) is 19.5. The normalized spacial score (nSPS) is 25.6. The van der Waals surface area contributed by atoms with Gasteiger partial charge in [-0.05, 0) is 19.1 Å². The van der Waals surface area contributed by atoms with E-state index >= 15 is 0 Å². The Bertz CT molecular complexity index is 1030. The van der Waals surface area contributed by atoms with Gasteiger partial charge in [-0.25, -0.2) is 4.79 Å². The van der Waals surface area contributed by atoms with Crippen molar-refractivity contribution >= 4 is 10.1 Å². The monoisotopic (exact) mass is 398 g/mol. The van der Waals surface area contributed by atoms with Gasteiger partial charge in [0.2, 0.25) is 0 Å². The number of aliphatic hydroxyl groups excluding tert-OH is 2.